The number of urea groups is 1. The molecule has 246 valence electrons. The highest BCUT2D eigenvalue weighted by atomic mass is 35.5. The van der Waals surface area contributed by atoms with Gasteiger partial charge in [0.25, 0.3) is 5.91 Å². The molecule has 1 aliphatic rings. The van der Waals surface area contributed by atoms with Crippen LogP contribution in [0.5, 0.6) is 34.5 Å². The van der Waals surface area contributed by atoms with Crippen LogP contribution >= 0.6 is 23.4 Å². The van der Waals surface area contributed by atoms with Gasteiger partial charge in [-0.1, -0.05) is 23.7 Å². The molecule has 1 aromatic heterocycles. The quantitative estimate of drug-likeness (QED) is 0.198. The van der Waals surface area contributed by atoms with Crippen LogP contribution in [0.15, 0.2) is 54.6 Å². The lowest BCUT2D eigenvalue weighted by molar-refractivity contribution is -0.130. The molecule has 15 heteroatoms. The number of halogens is 1. The number of methoxy groups -OCH3 is 6. The largest absolute Gasteiger partial charge is 0.493 e. The summed E-state index contributed by atoms with van der Waals surface area (Å²) in [5, 5.41) is 3.89. The first kappa shape index (κ1) is 33.3. The number of nitrogens with zero attached hydrogens (tertiary/aromatic N) is 3. The zero-order chi connectivity index (χ0) is 33.7. The van der Waals surface area contributed by atoms with Gasteiger partial charge in [-0.3, -0.25) is 10.1 Å². The fourth-order valence-corrected chi connectivity index (χ4v) is 6.14. The summed E-state index contributed by atoms with van der Waals surface area (Å²) in [6, 6.07) is 15.0. The molecule has 1 saturated heterocycles. The van der Waals surface area contributed by atoms with E-state index in [0.717, 1.165) is 5.56 Å². The van der Waals surface area contributed by atoms with E-state index in [-0.39, 0.29) is 17.6 Å². The van der Waals surface area contributed by atoms with Crippen molar-refractivity contribution in [3.8, 4) is 57.0 Å². The first-order chi connectivity index (χ1) is 22.7. The first-order valence-electron chi connectivity index (χ1n) is 14.0. The van der Waals surface area contributed by atoms with Crippen molar-refractivity contribution < 1.29 is 38.0 Å². The Balaban J connectivity index is 1.48. The Hall–Kier alpha value is -5.08. The molecule has 2 N–H and O–H groups in total. The molecule has 0 spiro atoms. The highest BCUT2D eigenvalue weighted by molar-refractivity contribution is 8.00. The molecule has 3 amide bonds. The zero-order valence-corrected chi connectivity index (χ0v) is 27.9. The number of amides is 3. The van der Waals surface area contributed by atoms with Crippen molar-refractivity contribution in [1.82, 2.24) is 20.4 Å². The monoisotopic (exact) mass is 681 g/mol. The van der Waals surface area contributed by atoms with Gasteiger partial charge in [-0.25, -0.2) is 25.2 Å². The van der Waals surface area contributed by atoms with Crippen LogP contribution in [0.4, 0.5) is 10.7 Å². The molecule has 3 aromatic carbocycles. The number of hydrogen-bond acceptors (Lipinski definition) is 11. The van der Waals surface area contributed by atoms with Gasteiger partial charge in [0.2, 0.25) is 17.4 Å². The Morgan fingerprint density at radius 3 is 1.79 bits per heavy atom. The summed E-state index contributed by atoms with van der Waals surface area (Å²) in [7, 11) is 9.05. The van der Waals surface area contributed by atoms with Crippen molar-refractivity contribution in [3.63, 3.8) is 0 Å². The molecule has 0 aliphatic carbocycles. The smallest absolute Gasteiger partial charge is 0.340 e. The Morgan fingerprint density at radius 1 is 0.766 bits per heavy atom. The van der Waals surface area contributed by atoms with E-state index < -0.39 is 11.4 Å². The van der Waals surface area contributed by atoms with Gasteiger partial charge < -0.3 is 28.4 Å². The summed E-state index contributed by atoms with van der Waals surface area (Å²) in [4.78, 5) is 35.6. The topological polar surface area (TPSA) is 143 Å². The second-order valence-corrected chi connectivity index (χ2v) is 11.3. The molecular weight excluding hydrogens is 650 g/mol. The highest BCUT2D eigenvalue weighted by Gasteiger charge is 2.36. The lowest BCUT2D eigenvalue weighted by Crippen LogP contribution is -2.46. The number of thioether (sulfide) groups is 1. The van der Waals surface area contributed by atoms with E-state index in [1.807, 2.05) is 0 Å². The number of ether oxygens (including phenoxy) is 6. The average molecular weight is 682 g/mol. The van der Waals surface area contributed by atoms with Crippen molar-refractivity contribution in [2.75, 3.05) is 53.7 Å². The van der Waals surface area contributed by atoms with E-state index in [9.17, 15) is 9.59 Å². The fraction of sp³-hybridized carbons (Fsp3) is 0.250. The van der Waals surface area contributed by atoms with Crippen LogP contribution in [-0.4, -0.2) is 75.3 Å². The number of carbonyl (C=O) groups excluding carboxylic acids is 2. The molecule has 0 bridgehead atoms. The number of hydrogen-bond donors (Lipinski definition) is 2. The third kappa shape index (κ3) is 7.03. The van der Waals surface area contributed by atoms with Crippen molar-refractivity contribution in [2.24, 2.45) is 0 Å². The molecule has 0 saturated carbocycles. The van der Waals surface area contributed by atoms with Gasteiger partial charge in [-0.15, -0.1) is 11.8 Å². The number of aromatic nitrogens is 2. The van der Waals surface area contributed by atoms with Crippen LogP contribution in [0.25, 0.3) is 22.5 Å². The third-order valence-corrected chi connectivity index (χ3v) is 8.58. The lowest BCUT2D eigenvalue weighted by Gasteiger charge is -2.25. The van der Waals surface area contributed by atoms with Crippen LogP contribution in [0.3, 0.4) is 0 Å². The van der Waals surface area contributed by atoms with Gasteiger partial charge in [0, 0.05) is 16.1 Å². The second kappa shape index (κ2) is 14.6. The summed E-state index contributed by atoms with van der Waals surface area (Å²) >= 11 is 7.46. The van der Waals surface area contributed by atoms with Gasteiger partial charge >= 0.3 is 6.03 Å². The molecule has 2 heterocycles. The van der Waals surface area contributed by atoms with E-state index in [0.29, 0.717) is 62.0 Å². The lowest BCUT2D eigenvalue weighted by atomic mass is 10.1. The molecule has 1 aliphatic heterocycles. The molecule has 1 fully saturated rings. The van der Waals surface area contributed by atoms with Crippen molar-refractivity contribution in [2.45, 2.75) is 5.37 Å². The van der Waals surface area contributed by atoms with E-state index in [1.54, 1.807) is 54.6 Å². The highest BCUT2D eigenvalue weighted by Crippen LogP contribution is 2.45. The Bertz CT molecular complexity index is 1740. The van der Waals surface area contributed by atoms with Gasteiger partial charge in [0.05, 0.1) is 59.8 Å². The molecule has 5 rings (SSSR count). The predicted molar refractivity (Wildman–Crippen MR) is 178 cm³/mol. The Labute approximate surface area is 280 Å². The van der Waals surface area contributed by atoms with Crippen LogP contribution < -0.4 is 39.2 Å². The summed E-state index contributed by atoms with van der Waals surface area (Å²) in [6.07, 6.45) is 0. The average Bonchev–Trinajstić information content (AvgIpc) is 3.45. The number of rotatable bonds is 11. The normalized spacial score (nSPS) is 14.0. The van der Waals surface area contributed by atoms with E-state index in [1.165, 1.54) is 59.4 Å². The zero-order valence-electron chi connectivity index (χ0n) is 26.4. The molecule has 47 heavy (non-hydrogen) atoms. The third-order valence-electron chi connectivity index (χ3n) is 7.11. The summed E-state index contributed by atoms with van der Waals surface area (Å²) in [5.74, 6) is 2.29. The molecule has 1 atom stereocenters. The first-order valence-corrected chi connectivity index (χ1v) is 15.4. The van der Waals surface area contributed by atoms with Gasteiger partial charge in [-0.05, 0) is 48.0 Å². The van der Waals surface area contributed by atoms with Crippen LogP contribution in [0.2, 0.25) is 5.02 Å². The molecule has 0 radical (unpaired) electrons. The molecule has 1 unspecified atom stereocenters. The van der Waals surface area contributed by atoms with Crippen LogP contribution in [-0.2, 0) is 4.79 Å². The Kier molecular flexibility index (Phi) is 10.3. The minimum absolute atomic E-state index is 0.0256. The van der Waals surface area contributed by atoms with Gasteiger partial charge in [0.1, 0.15) is 5.37 Å². The number of hydrazine groups is 1. The van der Waals surface area contributed by atoms with E-state index >= 15 is 0 Å². The van der Waals surface area contributed by atoms with Crippen LogP contribution in [0.1, 0.15) is 10.9 Å². The predicted octanol–water partition coefficient (Wildman–Crippen LogP) is 5.83. The number of carbonyl (C=O) groups is 2. The summed E-state index contributed by atoms with van der Waals surface area (Å²) in [6.45, 7) is 0. The number of anilines is 1. The molecule has 13 nitrogen and oxygen atoms in total. The SMILES string of the molecule is COc1cc(-c2cc(-c3ccc(Cl)cc3)nc(NC(=O)NN3C(=O)CSC3c3cc(OC)c(OC)c(OC)c3)n2)cc(OC)c1OC. The fourth-order valence-electron chi connectivity index (χ4n) is 4.92. The maximum atomic E-state index is 13.4. The van der Waals surface area contributed by atoms with E-state index in [4.69, 9.17) is 40.0 Å². The van der Waals surface area contributed by atoms with E-state index in [2.05, 4.69) is 20.7 Å². The minimum Gasteiger partial charge on any atom is -0.493 e. The van der Waals surface area contributed by atoms with Gasteiger partial charge in [0.15, 0.2) is 23.0 Å². The van der Waals surface area contributed by atoms with Gasteiger partial charge in [-0.2, -0.15) is 0 Å². The summed E-state index contributed by atoms with van der Waals surface area (Å²) < 4.78 is 32.9. The Morgan fingerprint density at radius 2 is 1.28 bits per heavy atom. The summed E-state index contributed by atoms with van der Waals surface area (Å²) in [5.41, 5.74) is 5.58. The standard InChI is InChI=1S/C32H32ClN5O8S/c1-41-23-11-18(12-24(42-2)28(23)45-5)22-15-21(17-7-9-20(33)10-8-17)34-31(35-22)36-32(40)37-38-27(39)16-47-30(38)19-13-25(43-3)29(46-6)26(14-19)44-4/h7-15,30H,16H2,1-6H3,(H2,34,35,36,37,40). The van der Waals surface area contributed by atoms with Crippen molar-refractivity contribution >= 4 is 41.2 Å². The minimum atomic E-state index is -0.734. The van der Waals surface area contributed by atoms with Crippen LogP contribution in [0, 0.1) is 0 Å². The second-order valence-electron chi connectivity index (χ2n) is 9.83. The maximum absolute atomic E-state index is 13.4. The van der Waals surface area contributed by atoms with Crippen molar-refractivity contribution in [1.29, 1.82) is 0 Å². The number of nitrogens with one attached hydrogen (secondary N) is 2. The number of benzene rings is 3. The molecule has 4 aromatic rings. The van der Waals surface area contributed by atoms with Crippen molar-refractivity contribution in [3.05, 3.63) is 65.2 Å². The maximum Gasteiger partial charge on any atom is 0.340 e. The molecular formula is C32H32ClN5O8S.